The highest BCUT2D eigenvalue weighted by Crippen LogP contribution is 2.36. The number of hydrogen-bond donors (Lipinski definition) is 5. The molecule has 0 radical (unpaired) electrons. The second-order valence-electron chi connectivity index (χ2n) is 16.5. The first-order chi connectivity index (χ1) is 32.7. The lowest BCUT2D eigenvalue weighted by molar-refractivity contribution is -0.144. The summed E-state index contributed by atoms with van der Waals surface area (Å²) in [6.07, 6.45) is 7.47. The maximum absolute atomic E-state index is 12.4. The van der Waals surface area contributed by atoms with E-state index in [2.05, 4.69) is 13.8 Å². The number of carboxylic acids is 3. The van der Waals surface area contributed by atoms with Crippen molar-refractivity contribution < 1.29 is 58.9 Å². The standard InChI is InChI=1S/C27H38N2O6.C17H26O3.C10H12O3/c1-5-15-28(25(22(31)19-30)20-11-7-9-13-23(20)34-3)17-18-29(16-6-2)26(27(32)33)21-12-8-10-14-24(21)35-4;1-4-5-8-13(2)11-12-15(17(18)19)14-9-6-7-10-16(14)20-3;1-7(10(11)12)8-5-3-4-6-9(8)13-2/h7-14,19,25-26,30-31H,5-6,15-18H2,1-4H3,(H,32,33);6-7,9-10,13,15H,4-5,8,11-12H2,1-3H3,(H,18,19);3-7H,1-2H3,(H,11,12). The maximum atomic E-state index is 12.4. The molecule has 0 amide bonds. The van der Waals surface area contributed by atoms with Crippen LogP contribution in [0.15, 0.2) is 109 Å². The van der Waals surface area contributed by atoms with Crippen molar-refractivity contribution >= 4 is 17.9 Å². The van der Waals surface area contributed by atoms with Crippen LogP contribution in [0.1, 0.15) is 126 Å². The molecule has 5 atom stereocenters. The minimum absolute atomic E-state index is 0.204. The first-order valence-electron chi connectivity index (χ1n) is 23.4. The fourth-order valence-electron chi connectivity index (χ4n) is 8.13. The van der Waals surface area contributed by atoms with Gasteiger partial charge in [0.25, 0.3) is 0 Å². The Hall–Kier alpha value is -6.25. The summed E-state index contributed by atoms with van der Waals surface area (Å²) in [5, 5.41) is 48.8. The molecule has 0 bridgehead atoms. The molecule has 68 heavy (non-hydrogen) atoms. The lowest BCUT2D eigenvalue weighted by atomic mass is 9.89. The van der Waals surface area contributed by atoms with E-state index < -0.39 is 41.8 Å². The van der Waals surface area contributed by atoms with E-state index in [1.165, 1.54) is 33.5 Å². The molecule has 4 aromatic carbocycles. The first kappa shape index (κ1) is 57.9. The third-order valence-corrected chi connectivity index (χ3v) is 11.7. The van der Waals surface area contributed by atoms with Gasteiger partial charge in [-0.05, 0) is 75.9 Å². The highest BCUT2D eigenvalue weighted by Gasteiger charge is 2.32. The molecule has 0 saturated heterocycles. The van der Waals surface area contributed by atoms with Gasteiger partial charge in [-0.2, -0.15) is 0 Å². The van der Waals surface area contributed by atoms with Gasteiger partial charge in [-0.15, -0.1) is 0 Å². The van der Waals surface area contributed by atoms with Crippen LogP contribution >= 0.6 is 0 Å². The summed E-state index contributed by atoms with van der Waals surface area (Å²) in [5.41, 5.74) is 2.80. The number of aliphatic hydroxyl groups excluding tert-OH is 2. The summed E-state index contributed by atoms with van der Waals surface area (Å²) in [5.74, 6) is -0.791. The van der Waals surface area contributed by atoms with Crippen molar-refractivity contribution in [2.75, 3.05) is 54.6 Å². The predicted octanol–water partition coefficient (Wildman–Crippen LogP) is 11.3. The number of hydrogen-bond acceptors (Lipinski definition) is 11. The van der Waals surface area contributed by atoms with Gasteiger partial charge in [0.05, 0.1) is 46.3 Å². The summed E-state index contributed by atoms with van der Waals surface area (Å²) in [6.45, 7) is 12.1. The van der Waals surface area contributed by atoms with Gasteiger partial charge in [0.15, 0.2) is 0 Å². The van der Waals surface area contributed by atoms with Crippen LogP contribution in [0.4, 0.5) is 0 Å². The van der Waals surface area contributed by atoms with E-state index in [-0.39, 0.29) is 5.76 Å². The Labute approximate surface area is 403 Å². The number of rotatable bonds is 27. The first-order valence-corrected chi connectivity index (χ1v) is 23.4. The Bertz CT molecular complexity index is 2130. The number of benzene rings is 4. The molecular weight excluding hydrogens is 869 g/mol. The smallest absolute Gasteiger partial charge is 0.325 e. The largest absolute Gasteiger partial charge is 0.512 e. The maximum Gasteiger partial charge on any atom is 0.325 e. The third-order valence-electron chi connectivity index (χ3n) is 11.7. The summed E-state index contributed by atoms with van der Waals surface area (Å²) >= 11 is 0. The molecule has 0 aliphatic rings. The molecular formula is C54H76N2O12. The van der Waals surface area contributed by atoms with Crippen LogP contribution in [0.25, 0.3) is 0 Å². The average molecular weight is 945 g/mol. The average Bonchev–Trinajstić information content (AvgIpc) is 3.35. The molecule has 0 fully saturated rings. The second kappa shape index (κ2) is 31.7. The Morgan fingerprint density at radius 1 is 0.500 bits per heavy atom. The van der Waals surface area contributed by atoms with Crippen LogP contribution in [0.5, 0.6) is 23.0 Å². The number of para-hydroxylation sites is 4. The van der Waals surface area contributed by atoms with Crippen LogP contribution in [0.3, 0.4) is 0 Å². The molecule has 5 unspecified atom stereocenters. The number of nitrogens with zero attached hydrogens (tertiary/aromatic N) is 2. The predicted molar refractivity (Wildman–Crippen MR) is 267 cm³/mol. The van der Waals surface area contributed by atoms with Crippen molar-refractivity contribution in [1.82, 2.24) is 9.80 Å². The molecule has 14 heteroatoms. The molecule has 0 aliphatic heterocycles. The molecule has 4 aromatic rings. The molecule has 5 N–H and O–H groups in total. The van der Waals surface area contributed by atoms with Gasteiger partial charge in [-0.1, -0.05) is 120 Å². The quantitative estimate of drug-likeness (QED) is 0.0354. The van der Waals surface area contributed by atoms with Gasteiger partial charge in [-0.25, -0.2) is 0 Å². The lowest BCUT2D eigenvalue weighted by Gasteiger charge is -2.35. The number of ether oxygens (including phenoxy) is 4. The fourth-order valence-corrected chi connectivity index (χ4v) is 8.13. The number of aliphatic hydroxyl groups is 2. The van der Waals surface area contributed by atoms with E-state index in [0.29, 0.717) is 84.5 Å². The minimum atomic E-state index is -0.954. The van der Waals surface area contributed by atoms with Gasteiger partial charge >= 0.3 is 17.9 Å². The Morgan fingerprint density at radius 3 is 1.29 bits per heavy atom. The van der Waals surface area contributed by atoms with Crippen molar-refractivity contribution in [3.63, 3.8) is 0 Å². The van der Waals surface area contributed by atoms with Gasteiger partial charge < -0.3 is 44.5 Å². The van der Waals surface area contributed by atoms with Gasteiger partial charge in [0, 0.05) is 35.3 Å². The highest BCUT2D eigenvalue weighted by molar-refractivity contribution is 5.78. The summed E-state index contributed by atoms with van der Waals surface area (Å²) < 4.78 is 21.3. The lowest BCUT2D eigenvalue weighted by Crippen LogP contribution is -2.42. The van der Waals surface area contributed by atoms with E-state index in [9.17, 15) is 34.8 Å². The molecule has 0 aromatic heterocycles. The highest BCUT2D eigenvalue weighted by atomic mass is 16.5. The summed E-state index contributed by atoms with van der Waals surface area (Å²) in [4.78, 5) is 38.6. The van der Waals surface area contributed by atoms with Crippen molar-refractivity contribution in [1.29, 1.82) is 0 Å². The Morgan fingerprint density at radius 2 is 0.897 bits per heavy atom. The molecule has 0 saturated carbocycles. The van der Waals surface area contributed by atoms with Crippen molar-refractivity contribution in [2.24, 2.45) is 5.92 Å². The van der Waals surface area contributed by atoms with Crippen LogP contribution in [-0.2, 0) is 14.4 Å². The van der Waals surface area contributed by atoms with E-state index in [1.54, 1.807) is 51.5 Å². The van der Waals surface area contributed by atoms with Crippen LogP contribution in [0.2, 0.25) is 0 Å². The van der Waals surface area contributed by atoms with E-state index >= 15 is 0 Å². The number of carbonyl (C=O) groups is 3. The van der Waals surface area contributed by atoms with Gasteiger partial charge in [-0.3, -0.25) is 24.2 Å². The minimum Gasteiger partial charge on any atom is -0.512 e. The Kier molecular flexibility index (Phi) is 27.0. The van der Waals surface area contributed by atoms with Gasteiger partial charge in [0.1, 0.15) is 41.1 Å². The van der Waals surface area contributed by atoms with Gasteiger partial charge in [0.2, 0.25) is 0 Å². The Balaban J connectivity index is 0.000000401. The summed E-state index contributed by atoms with van der Waals surface area (Å²) in [7, 11) is 6.22. The number of aliphatic carboxylic acids is 3. The van der Waals surface area contributed by atoms with Crippen LogP contribution in [-0.4, -0.2) is 108 Å². The van der Waals surface area contributed by atoms with Crippen molar-refractivity contribution in [2.45, 2.75) is 103 Å². The van der Waals surface area contributed by atoms with E-state index in [1.807, 2.05) is 90.4 Å². The molecule has 14 nitrogen and oxygen atoms in total. The SMILES string of the molecule is CCCCC(C)CCC(C(=O)O)c1ccccc1OC.CCCN(CCN(CCC)C(C(O)=CO)c1ccccc1OC)C(C(=O)O)c1ccccc1OC.COc1ccccc1C(C)C(=O)O. The zero-order valence-corrected chi connectivity index (χ0v) is 41.5. The zero-order valence-electron chi connectivity index (χ0n) is 41.5. The van der Waals surface area contributed by atoms with Crippen molar-refractivity contribution in [3.8, 4) is 23.0 Å². The van der Waals surface area contributed by atoms with Crippen LogP contribution in [0, 0.1) is 5.92 Å². The topological polar surface area (TPSA) is 196 Å². The molecule has 0 heterocycles. The normalized spacial score (nSPS) is 13.4. The fraction of sp³-hybridized carbons (Fsp3) is 0.463. The van der Waals surface area contributed by atoms with E-state index in [4.69, 9.17) is 24.1 Å². The molecule has 0 aliphatic carbocycles. The summed E-state index contributed by atoms with van der Waals surface area (Å²) in [6, 6.07) is 27.5. The second-order valence-corrected chi connectivity index (χ2v) is 16.5. The number of methoxy groups -OCH3 is 4. The van der Waals surface area contributed by atoms with E-state index in [0.717, 1.165) is 24.8 Å². The number of carboxylic acid groups (broad SMARTS) is 3. The molecule has 0 spiro atoms. The molecule has 374 valence electrons. The third kappa shape index (κ3) is 17.8. The van der Waals surface area contributed by atoms with Crippen molar-refractivity contribution in [3.05, 3.63) is 131 Å². The monoisotopic (exact) mass is 945 g/mol. The zero-order chi connectivity index (χ0) is 50.6. The molecule has 4 rings (SSSR count). The van der Waals surface area contributed by atoms with Crippen LogP contribution < -0.4 is 18.9 Å². The number of unbranched alkanes of at least 4 members (excludes halogenated alkanes) is 1.